The summed E-state index contributed by atoms with van der Waals surface area (Å²) >= 11 is 0. The van der Waals surface area contributed by atoms with Gasteiger partial charge in [0.05, 0.1) is 17.6 Å². The molecule has 1 aromatic carbocycles. The molecule has 1 saturated heterocycles. The fourth-order valence-electron chi connectivity index (χ4n) is 2.65. The minimum Gasteiger partial charge on any atom is -0.374 e. The number of nitrogens with one attached hydrogen (secondary N) is 1. The lowest BCUT2D eigenvalue weighted by Crippen LogP contribution is -2.46. The van der Waals surface area contributed by atoms with Gasteiger partial charge in [0.15, 0.2) is 9.84 Å². The third kappa shape index (κ3) is 4.26. The molecule has 21 heavy (non-hydrogen) atoms. The van der Waals surface area contributed by atoms with Crippen molar-refractivity contribution in [1.29, 1.82) is 0 Å². The van der Waals surface area contributed by atoms with E-state index < -0.39 is 9.84 Å². The van der Waals surface area contributed by atoms with Gasteiger partial charge in [-0.3, -0.25) is 4.90 Å². The second-order valence-corrected chi connectivity index (χ2v) is 7.58. The first kappa shape index (κ1) is 16.4. The molecule has 1 heterocycles. The molecule has 6 heteroatoms. The first-order valence-electron chi connectivity index (χ1n) is 7.22. The Labute approximate surface area is 127 Å². The molecule has 0 amide bonds. The maximum absolute atomic E-state index is 11.5. The van der Waals surface area contributed by atoms with E-state index in [1.54, 1.807) is 12.1 Å². The van der Waals surface area contributed by atoms with Crippen LogP contribution in [0, 0.1) is 0 Å². The van der Waals surface area contributed by atoms with Crippen molar-refractivity contribution < 1.29 is 13.2 Å². The van der Waals surface area contributed by atoms with Crippen LogP contribution >= 0.6 is 0 Å². The van der Waals surface area contributed by atoms with Gasteiger partial charge in [0.2, 0.25) is 0 Å². The standard InChI is InChI=1S/C15H24N2O3S/c1-12(17-8-9-20-14(11-17)10-16-2)13-4-6-15(7-5-13)21(3,18)19/h4-7,12,14,16H,8-11H2,1-3H3. The molecule has 0 aromatic heterocycles. The molecule has 1 N–H and O–H groups in total. The van der Waals surface area contributed by atoms with Crippen LogP contribution in [0.1, 0.15) is 18.5 Å². The lowest BCUT2D eigenvalue weighted by Gasteiger charge is -2.37. The number of benzene rings is 1. The summed E-state index contributed by atoms with van der Waals surface area (Å²) in [4.78, 5) is 2.74. The molecule has 2 rings (SSSR count). The maximum Gasteiger partial charge on any atom is 0.175 e. The van der Waals surface area contributed by atoms with Crippen molar-refractivity contribution in [3.63, 3.8) is 0 Å². The second kappa shape index (κ2) is 6.87. The molecule has 0 spiro atoms. The summed E-state index contributed by atoms with van der Waals surface area (Å²) in [6.07, 6.45) is 1.44. The van der Waals surface area contributed by atoms with Crippen molar-refractivity contribution in [2.24, 2.45) is 0 Å². The number of hydrogen-bond donors (Lipinski definition) is 1. The largest absolute Gasteiger partial charge is 0.374 e. The van der Waals surface area contributed by atoms with Crippen molar-refractivity contribution in [3.8, 4) is 0 Å². The van der Waals surface area contributed by atoms with Crippen molar-refractivity contribution in [1.82, 2.24) is 10.2 Å². The topological polar surface area (TPSA) is 58.6 Å². The van der Waals surface area contributed by atoms with Crippen molar-refractivity contribution in [2.75, 3.05) is 39.5 Å². The Morgan fingerprint density at radius 1 is 1.38 bits per heavy atom. The highest BCUT2D eigenvalue weighted by Crippen LogP contribution is 2.23. The first-order valence-corrected chi connectivity index (χ1v) is 9.11. The number of ether oxygens (including phenoxy) is 1. The van der Waals surface area contributed by atoms with E-state index in [4.69, 9.17) is 4.74 Å². The van der Waals surface area contributed by atoms with E-state index in [1.165, 1.54) is 6.26 Å². The number of hydrogen-bond acceptors (Lipinski definition) is 5. The SMILES string of the molecule is CNCC1CN(C(C)c2ccc(S(C)(=O)=O)cc2)CCO1. The highest BCUT2D eigenvalue weighted by atomic mass is 32.2. The maximum atomic E-state index is 11.5. The van der Waals surface area contributed by atoms with E-state index >= 15 is 0 Å². The van der Waals surface area contributed by atoms with Crippen LogP contribution in [-0.4, -0.2) is 59.0 Å². The van der Waals surface area contributed by atoms with Gasteiger partial charge in [-0.05, 0) is 31.7 Å². The van der Waals surface area contributed by atoms with Crippen molar-refractivity contribution in [2.45, 2.75) is 24.0 Å². The summed E-state index contributed by atoms with van der Waals surface area (Å²) in [5, 5.41) is 3.14. The summed E-state index contributed by atoms with van der Waals surface area (Å²) < 4.78 is 28.7. The van der Waals surface area contributed by atoms with Gasteiger partial charge < -0.3 is 10.1 Å². The average molecular weight is 312 g/mol. The molecule has 118 valence electrons. The summed E-state index contributed by atoms with van der Waals surface area (Å²) in [6.45, 7) is 5.51. The zero-order valence-electron chi connectivity index (χ0n) is 12.9. The summed E-state index contributed by atoms with van der Waals surface area (Å²) in [7, 11) is -1.20. The summed E-state index contributed by atoms with van der Waals surface area (Å²) in [5.74, 6) is 0. The zero-order chi connectivity index (χ0) is 15.5. The smallest absolute Gasteiger partial charge is 0.175 e. The highest BCUT2D eigenvalue weighted by molar-refractivity contribution is 7.90. The van der Waals surface area contributed by atoms with Gasteiger partial charge >= 0.3 is 0 Å². The lowest BCUT2D eigenvalue weighted by molar-refractivity contribution is -0.0393. The molecule has 5 nitrogen and oxygen atoms in total. The third-order valence-corrected chi connectivity index (χ3v) is 5.07. The molecule has 0 bridgehead atoms. The van der Waals surface area contributed by atoms with E-state index in [9.17, 15) is 8.42 Å². The first-order chi connectivity index (χ1) is 9.91. The Morgan fingerprint density at radius 2 is 2.05 bits per heavy atom. The van der Waals surface area contributed by atoms with Crippen LogP contribution in [0.4, 0.5) is 0 Å². The van der Waals surface area contributed by atoms with Crippen LogP contribution < -0.4 is 5.32 Å². The minimum absolute atomic E-state index is 0.210. The van der Waals surface area contributed by atoms with Gasteiger partial charge in [0.25, 0.3) is 0 Å². The quantitative estimate of drug-likeness (QED) is 0.881. The fourth-order valence-corrected chi connectivity index (χ4v) is 3.28. The molecular weight excluding hydrogens is 288 g/mol. The van der Waals surface area contributed by atoms with Crippen LogP contribution in [0.5, 0.6) is 0 Å². The predicted octanol–water partition coefficient (Wildman–Crippen LogP) is 1.07. The monoisotopic (exact) mass is 312 g/mol. The van der Waals surface area contributed by atoms with E-state index in [0.29, 0.717) is 4.90 Å². The highest BCUT2D eigenvalue weighted by Gasteiger charge is 2.24. The number of sulfone groups is 1. The molecule has 1 aromatic rings. The molecule has 0 radical (unpaired) electrons. The van der Waals surface area contributed by atoms with Gasteiger partial charge in [-0.15, -0.1) is 0 Å². The molecule has 1 fully saturated rings. The normalized spacial score (nSPS) is 22.1. The van der Waals surface area contributed by atoms with Crippen LogP contribution in [0.25, 0.3) is 0 Å². The minimum atomic E-state index is -3.13. The molecule has 2 unspecified atom stereocenters. The van der Waals surface area contributed by atoms with Crippen LogP contribution in [0.2, 0.25) is 0 Å². The van der Waals surface area contributed by atoms with Crippen LogP contribution in [-0.2, 0) is 14.6 Å². The van der Waals surface area contributed by atoms with E-state index in [1.807, 2.05) is 19.2 Å². The van der Waals surface area contributed by atoms with Crippen molar-refractivity contribution >= 4 is 9.84 Å². The number of morpholine rings is 1. The third-order valence-electron chi connectivity index (χ3n) is 3.94. The van der Waals surface area contributed by atoms with Crippen LogP contribution in [0.15, 0.2) is 29.2 Å². The second-order valence-electron chi connectivity index (χ2n) is 5.56. The fraction of sp³-hybridized carbons (Fsp3) is 0.600. The summed E-state index contributed by atoms with van der Waals surface area (Å²) in [5.41, 5.74) is 1.13. The lowest BCUT2D eigenvalue weighted by atomic mass is 10.1. The number of nitrogens with zero attached hydrogens (tertiary/aromatic N) is 1. The number of likely N-dealkylation sites (N-methyl/N-ethyl adjacent to an activating group) is 1. The molecule has 2 atom stereocenters. The molecule has 1 aliphatic rings. The Bertz CT molecular complexity index is 555. The molecular formula is C15H24N2O3S. The van der Waals surface area contributed by atoms with Gasteiger partial charge in [0, 0.05) is 31.9 Å². The molecule has 1 aliphatic heterocycles. The van der Waals surface area contributed by atoms with Crippen molar-refractivity contribution in [3.05, 3.63) is 29.8 Å². The Kier molecular flexibility index (Phi) is 5.37. The Balaban J connectivity index is 2.07. The van der Waals surface area contributed by atoms with Gasteiger partial charge in [-0.25, -0.2) is 8.42 Å². The zero-order valence-corrected chi connectivity index (χ0v) is 13.7. The Hall–Kier alpha value is -0.950. The van der Waals surface area contributed by atoms with Gasteiger partial charge in [0.1, 0.15) is 0 Å². The van der Waals surface area contributed by atoms with E-state index in [-0.39, 0.29) is 12.1 Å². The number of rotatable bonds is 5. The molecule has 0 aliphatic carbocycles. The van der Waals surface area contributed by atoms with E-state index in [2.05, 4.69) is 17.1 Å². The van der Waals surface area contributed by atoms with Crippen LogP contribution in [0.3, 0.4) is 0 Å². The summed E-state index contributed by atoms with van der Waals surface area (Å²) in [6, 6.07) is 7.44. The van der Waals surface area contributed by atoms with Gasteiger partial charge in [-0.2, -0.15) is 0 Å². The average Bonchev–Trinajstić information content (AvgIpc) is 2.46. The van der Waals surface area contributed by atoms with Gasteiger partial charge in [-0.1, -0.05) is 12.1 Å². The Morgan fingerprint density at radius 3 is 2.62 bits per heavy atom. The van der Waals surface area contributed by atoms with E-state index in [0.717, 1.165) is 31.8 Å². The predicted molar refractivity (Wildman–Crippen MR) is 83.2 cm³/mol. The molecule has 0 saturated carbocycles.